The van der Waals surface area contributed by atoms with Crippen molar-refractivity contribution < 1.29 is 28.7 Å². The van der Waals surface area contributed by atoms with Crippen LogP contribution in [0.2, 0.25) is 25.7 Å². The number of ketones is 1. The molecule has 0 spiro atoms. The van der Waals surface area contributed by atoms with Gasteiger partial charge in [-0.1, -0.05) is 36.9 Å². The Hall–Kier alpha value is -3.77. The number of allylic oxidation sites excluding steroid dienone is 1. The third-order valence-electron chi connectivity index (χ3n) is 5.68. The second-order valence-corrected chi connectivity index (χ2v) is 15.5. The maximum absolute atomic E-state index is 12.1. The molecule has 3 aromatic rings. The lowest BCUT2D eigenvalue weighted by atomic mass is 10.1. The number of imidazole rings is 1. The van der Waals surface area contributed by atoms with Gasteiger partial charge in [0, 0.05) is 39.6 Å². The number of carbonyl (C=O) groups excluding carboxylic acids is 1. The smallest absolute Gasteiger partial charge is 0.405 e. The maximum Gasteiger partial charge on any atom is 0.405 e. The summed E-state index contributed by atoms with van der Waals surface area (Å²) in [5.41, 5.74) is 1.57. The van der Waals surface area contributed by atoms with Crippen molar-refractivity contribution in [1.82, 2.24) is 25.0 Å². The Balaban J connectivity index is 1.79. The van der Waals surface area contributed by atoms with Crippen LogP contribution in [-0.2, 0) is 11.5 Å². The van der Waals surface area contributed by atoms with Gasteiger partial charge in [0.25, 0.3) is 0 Å². The van der Waals surface area contributed by atoms with Gasteiger partial charge in [0.2, 0.25) is 5.88 Å². The summed E-state index contributed by atoms with van der Waals surface area (Å²) in [6, 6.07) is 5.52. The quantitative estimate of drug-likeness (QED) is 0.115. The van der Waals surface area contributed by atoms with E-state index in [0.29, 0.717) is 48.1 Å². The van der Waals surface area contributed by atoms with E-state index in [-0.39, 0.29) is 18.9 Å². The van der Waals surface area contributed by atoms with Gasteiger partial charge in [0.05, 0.1) is 24.4 Å². The van der Waals surface area contributed by atoms with Gasteiger partial charge in [-0.05, 0) is 31.0 Å². The van der Waals surface area contributed by atoms with Gasteiger partial charge in [-0.2, -0.15) is 0 Å². The Morgan fingerprint density at radius 1 is 1.26 bits per heavy atom. The molecule has 2 N–H and O–H groups in total. The van der Waals surface area contributed by atoms with Crippen molar-refractivity contribution in [2.75, 3.05) is 13.7 Å². The largest absolute Gasteiger partial charge is 0.481 e. The first-order valence-corrected chi connectivity index (χ1v) is 16.1. The van der Waals surface area contributed by atoms with Crippen LogP contribution >= 0.6 is 0 Å². The Morgan fingerprint density at radius 3 is 2.76 bits per heavy atom. The zero-order valence-corrected chi connectivity index (χ0v) is 23.2. The van der Waals surface area contributed by atoms with Crippen molar-refractivity contribution in [3.8, 4) is 17.1 Å². The van der Waals surface area contributed by atoms with Crippen molar-refractivity contribution in [2.45, 2.75) is 57.7 Å². The zero-order valence-electron chi connectivity index (χ0n) is 22.2. The second kappa shape index (κ2) is 13.7. The number of carbonyl (C=O) groups is 2. The normalized spacial score (nSPS) is 12.5. The lowest BCUT2D eigenvalue weighted by Crippen LogP contribution is -2.29. The number of ether oxygens (including phenoxy) is 2. The fourth-order valence-electron chi connectivity index (χ4n) is 3.66. The van der Waals surface area contributed by atoms with Crippen LogP contribution in [-0.4, -0.2) is 58.5 Å². The number of pyridine rings is 1. The Kier molecular flexibility index (Phi) is 10.4. The molecular weight excluding hydrogens is 506 g/mol. The molecule has 1 amide bonds. The minimum atomic E-state index is -1.27. The topological polar surface area (TPSA) is 142 Å². The molecule has 0 fully saturated rings. The summed E-state index contributed by atoms with van der Waals surface area (Å²) in [6.45, 7) is 7.68. The van der Waals surface area contributed by atoms with Crippen LogP contribution in [0.25, 0.3) is 11.3 Å². The summed E-state index contributed by atoms with van der Waals surface area (Å²) in [7, 11) is 0.267. The first kappa shape index (κ1) is 28.8. The number of Topliss-reactive ketones (excluding diaryl/α,β-unsaturated/α-hetero) is 1. The minimum Gasteiger partial charge on any atom is -0.481 e. The van der Waals surface area contributed by atoms with E-state index in [1.807, 2.05) is 29.0 Å². The average Bonchev–Trinajstić information content (AvgIpc) is 3.55. The van der Waals surface area contributed by atoms with E-state index in [9.17, 15) is 14.7 Å². The highest BCUT2D eigenvalue weighted by molar-refractivity contribution is 6.76. The summed E-state index contributed by atoms with van der Waals surface area (Å²) < 4.78 is 17.9. The second-order valence-electron chi connectivity index (χ2n) is 9.92. The predicted molar refractivity (Wildman–Crippen MR) is 144 cm³/mol. The van der Waals surface area contributed by atoms with E-state index in [1.165, 1.54) is 19.4 Å². The van der Waals surface area contributed by atoms with Gasteiger partial charge >= 0.3 is 6.09 Å². The molecule has 3 aromatic heterocycles. The number of aromatic nitrogens is 4. The average molecular weight is 542 g/mol. The molecule has 0 bridgehead atoms. The highest BCUT2D eigenvalue weighted by atomic mass is 28.3. The van der Waals surface area contributed by atoms with Gasteiger partial charge in [-0.25, -0.2) is 14.8 Å². The van der Waals surface area contributed by atoms with E-state index < -0.39 is 20.2 Å². The SMILES string of the molecule is COc1ncccc1-c1cn(COCC[Si](C)(C)C)c(C(C/C=C/CCC(=O)c2ccon2)NC(=O)O)n1. The third-order valence-corrected chi connectivity index (χ3v) is 7.39. The summed E-state index contributed by atoms with van der Waals surface area (Å²) in [6.07, 6.45) is 8.41. The van der Waals surface area contributed by atoms with E-state index in [4.69, 9.17) is 19.0 Å². The molecule has 3 rings (SSSR count). The summed E-state index contributed by atoms with van der Waals surface area (Å²) in [5.74, 6) is 0.803. The molecule has 0 saturated carbocycles. The van der Waals surface area contributed by atoms with Gasteiger partial charge in [-0.15, -0.1) is 0 Å². The standard InChI is InChI=1S/C26H35N5O6Si/c1-35-25-19(9-8-13-27-25)22-17-31(18-36-15-16-38(2,3)4)24(28-22)21(29-26(33)34)10-6-5-7-11-23(32)20-12-14-37-30-20/h5-6,8-9,12-14,17,21,29H,7,10-11,15-16,18H2,1-4H3,(H,33,34)/b6-5+. The molecule has 11 nitrogen and oxygen atoms in total. The first-order valence-electron chi connectivity index (χ1n) is 12.4. The number of nitrogens with one attached hydrogen (secondary N) is 1. The van der Waals surface area contributed by atoms with E-state index >= 15 is 0 Å². The van der Waals surface area contributed by atoms with E-state index in [1.54, 1.807) is 12.3 Å². The van der Waals surface area contributed by atoms with Crippen LogP contribution in [0.5, 0.6) is 5.88 Å². The number of carboxylic acid groups (broad SMARTS) is 1. The fourth-order valence-corrected chi connectivity index (χ4v) is 4.41. The van der Waals surface area contributed by atoms with Crippen molar-refractivity contribution >= 4 is 20.0 Å². The van der Waals surface area contributed by atoms with Gasteiger partial charge in [0.1, 0.15) is 24.5 Å². The van der Waals surface area contributed by atoms with Gasteiger partial charge in [-0.3, -0.25) is 4.79 Å². The lowest BCUT2D eigenvalue weighted by Gasteiger charge is -2.18. The molecular formula is C26H35N5O6Si. The van der Waals surface area contributed by atoms with Crippen LogP contribution in [0.3, 0.4) is 0 Å². The van der Waals surface area contributed by atoms with Crippen LogP contribution in [0.15, 0.2) is 53.5 Å². The zero-order chi connectivity index (χ0) is 27.5. The molecule has 0 aliphatic heterocycles. The number of amides is 1. The van der Waals surface area contributed by atoms with Crippen LogP contribution in [0.4, 0.5) is 4.79 Å². The first-order chi connectivity index (χ1) is 18.2. The molecule has 38 heavy (non-hydrogen) atoms. The number of rotatable bonds is 15. The van der Waals surface area contributed by atoms with E-state index in [0.717, 1.165) is 6.04 Å². The van der Waals surface area contributed by atoms with Crippen molar-refractivity contribution in [3.05, 3.63) is 60.5 Å². The highest BCUT2D eigenvalue weighted by Gasteiger charge is 2.22. The maximum atomic E-state index is 12.1. The van der Waals surface area contributed by atoms with Crippen molar-refractivity contribution in [1.29, 1.82) is 0 Å². The molecule has 204 valence electrons. The fraction of sp³-hybridized carbons (Fsp3) is 0.423. The Bertz CT molecular complexity index is 1220. The lowest BCUT2D eigenvalue weighted by molar-refractivity contribution is 0.0837. The Morgan fingerprint density at radius 2 is 2.08 bits per heavy atom. The van der Waals surface area contributed by atoms with Crippen molar-refractivity contribution in [3.63, 3.8) is 0 Å². The molecule has 3 heterocycles. The monoisotopic (exact) mass is 541 g/mol. The van der Waals surface area contributed by atoms with Gasteiger partial charge in [0.15, 0.2) is 5.78 Å². The number of hydrogen-bond donors (Lipinski definition) is 2. The number of hydrogen-bond acceptors (Lipinski definition) is 8. The molecule has 12 heteroatoms. The third kappa shape index (κ3) is 8.66. The van der Waals surface area contributed by atoms with Gasteiger partial charge < -0.3 is 29.0 Å². The number of methoxy groups -OCH3 is 1. The molecule has 0 radical (unpaired) electrons. The molecule has 0 aliphatic carbocycles. The summed E-state index contributed by atoms with van der Waals surface area (Å²) in [4.78, 5) is 32.8. The minimum absolute atomic E-state index is 0.121. The number of nitrogens with zero attached hydrogens (tertiary/aromatic N) is 4. The van der Waals surface area contributed by atoms with Crippen LogP contribution < -0.4 is 10.1 Å². The highest BCUT2D eigenvalue weighted by Crippen LogP contribution is 2.29. The molecule has 0 aromatic carbocycles. The summed E-state index contributed by atoms with van der Waals surface area (Å²) >= 11 is 0. The van der Waals surface area contributed by atoms with Crippen LogP contribution in [0.1, 0.15) is 41.6 Å². The Labute approximate surface area is 222 Å². The molecule has 0 saturated heterocycles. The van der Waals surface area contributed by atoms with Crippen LogP contribution in [0, 0.1) is 0 Å². The molecule has 0 aliphatic rings. The van der Waals surface area contributed by atoms with E-state index in [2.05, 4.69) is 35.1 Å². The molecule has 1 unspecified atom stereocenters. The molecule has 1 atom stereocenters. The van der Waals surface area contributed by atoms with Crippen molar-refractivity contribution in [2.24, 2.45) is 0 Å². The summed E-state index contributed by atoms with van der Waals surface area (Å²) in [5, 5.41) is 15.8. The predicted octanol–water partition coefficient (Wildman–Crippen LogP) is 5.17.